The summed E-state index contributed by atoms with van der Waals surface area (Å²) in [5.74, 6) is 0. The van der Waals surface area contributed by atoms with Crippen LogP contribution in [0.4, 0.5) is 5.69 Å². The van der Waals surface area contributed by atoms with Crippen molar-refractivity contribution in [2.24, 2.45) is 4.99 Å². The maximum atomic E-state index is 5.85. The van der Waals surface area contributed by atoms with Crippen molar-refractivity contribution in [3.63, 3.8) is 0 Å². The van der Waals surface area contributed by atoms with Gasteiger partial charge in [0.1, 0.15) is 0 Å². The first-order chi connectivity index (χ1) is 9.83. The van der Waals surface area contributed by atoms with Crippen molar-refractivity contribution < 1.29 is 0 Å². The molecule has 98 valence electrons. The summed E-state index contributed by atoms with van der Waals surface area (Å²) in [7, 11) is 0. The van der Waals surface area contributed by atoms with Crippen molar-refractivity contribution in [3.05, 3.63) is 71.4 Å². The van der Waals surface area contributed by atoms with E-state index in [1.54, 1.807) is 12.4 Å². The van der Waals surface area contributed by atoms with Crippen LogP contribution in [0.1, 0.15) is 5.56 Å². The van der Waals surface area contributed by atoms with E-state index in [0.29, 0.717) is 5.02 Å². The van der Waals surface area contributed by atoms with Gasteiger partial charge in [-0.15, -0.1) is 0 Å². The molecule has 0 saturated heterocycles. The monoisotopic (exact) mass is 281 g/mol. The van der Waals surface area contributed by atoms with Crippen molar-refractivity contribution in [2.45, 2.75) is 0 Å². The number of benzene rings is 2. The lowest BCUT2D eigenvalue weighted by Crippen LogP contribution is -1.84. The first kappa shape index (κ1) is 12.6. The highest BCUT2D eigenvalue weighted by molar-refractivity contribution is 6.30. The molecule has 0 saturated carbocycles. The van der Waals surface area contributed by atoms with Gasteiger partial charge in [0.25, 0.3) is 0 Å². The van der Waals surface area contributed by atoms with Gasteiger partial charge in [-0.2, -0.15) is 5.10 Å². The third kappa shape index (κ3) is 2.78. The maximum Gasteiger partial charge on any atom is 0.0738 e. The molecule has 0 atom stereocenters. The molecule has 0 radical (unpaired) electrons. The number of aromatic amines is 1. The Kier molecular flexibility index (Phi) is 3.61. The van der Waals surface area contributed by atoms with E-state index in [1.165, 1.54) is 0 Å². The van der Waals surface area contributed by atoms with Crippen LogP contribution in [-0.4, -0.2) is 16.4 Å². The summed E-state index contributed by atoms with van der Waals surface area (Å²) >= 11 is 5.85. The van der Waals surface area contributed by atoms with Gasteiger partial charge in [-0.3, -0.25) is 10.1 Å². The van der Waals surface area contributed by atoms with Crippen LogP contribution in [0.5, 0.6) is 0 Å². The van der Waals surface area contributed by atoms with E-state index in [4.69, 9.17) is 11.6 Å². The molecule has 0 spiro atoms. The van der Waals surface area contributed by atoms with Gasteiger partial charge in [0.2, 0.25) is 0 Å². The second kappa shape index (κ2) is 5.72. The van der Waals surface area contributed by atoms with Crippen LogP contribution in [-0.2, 0) is 0 Å². The van der Waals surface area contributed by atoms with Crippen LogP contribution in [0.3, 0.4) is 0 Å². The summed E-state index contributed by atoms with van der Waals surface area (Å²) in [5, 5.41) is 7.80. The maximum absolute atomic E-state index is 5.85. The first-order valence-corrected chi connectivity index (χ1v) is 6.59. The van der Waals surface area contributed by atoms with Crippen molar-refractivity contribution >= 4 is 23.5 Å². The largest absolute Gasteiger partial charge is 0.277 e. The minimum atomic E-state index is 0.706. The van der Waals surface area contributed by atoms with Gasteiger partial charge in [0, 0.05) is 22.4 Å². The predicted octanol–water partition coefficient (Wildman–Crippen LogP) is 4.48. The Morgan fingerprint density at radius 3 is 2.50 bits per heavy atom. The molecule has 4 heteroatoms. The lowest BCUT2D eigenvalue weighted by molar-refractivity contribution is 1.10. The Morgan fingerprint density at radius 1 is 1.00 bits per heavy atom. The first-order valence-electron chi connectivity index (χ1n) is 6.21. The van der Waals surface area contributed by atoms with Crippen molar-refractivity contribution in [3.8, 4) is 11.3 Å². The zero-order valence-electron chi connectivity index (χ0n) is 10.6. The van der Waals surface area contributed by atoms with Crippen molar-refractivity contribution in [2.75, 3.05) is 0 Å². The van der Waals surface area contributed by atoms with Crippen LogP contribution >= 0.6 is 11.6 Å². The molecular formula is C16H12ClN3. The number of rotatable bonds is 3. The van der Waals surface area contributed by atoms with E-state index in [-0.39, 0.29) is 0 Å². The fourth-order valence-corrected chi connectivity index (χ4v) is 2.03. The van der Waals surface area contributed by atoms with Gasteiger partial charge >= 0.3 is 0 Å². The van der Waals surface area contributed by atoms with Gasteiger partial charge in [0.15, 0.2) is 0 Å². The highest BCUT2D eigenvalue weighted by Gasteiger charge is 2.04. The molecule has 0 bridgehead atoms. The summed E-state index contributed by atoms with van der Waals surface area (Å²) in [6.07, 6.45) is 3.57. The Hall–Kier alpha value is -2.39. The average Bonchev–Trinajstić information content (AvgIpc) is 2.96. The van der Waals surface area contributed by atoms with E-state index in [1.807, 2.05) is 54.6 Å². The fraction of sp³-hybridized carbons (Fsp3) is 0. The Balaban J connectivity index is 1.89. The van der Waals surface area contributed by atoms with Crippen LogP contribution < -0.4 is 0 Å². The van der Waals surface area contributed by atoms with E-state index in [0.717, 1.165) is 22.5 Å². The standard InChI is InChI=1S/C16H12ClN3/c17-14-6-8-15(9-7-14)18-10-13-11-19-20-16(13)12-4-2-1-3-5-12/h1-11H,(H,19,20). The Labute approximate surface area is 122 Å². The second-order valence-electron chi connectivity index (χ2n) is 4.30. The lowest BCUT2D eigenvalue weighted by Gasteiger charge is -1.99. The summed E-state index contributed by atoms with van der Waals surface area (Å²) < 4.78 is 0. The van der Waals surface area contributed by atoms with Crippen LogP contribution in [0.2, 0.25) is 5.02 Å². The fourth-order valence-electron chi connectivity index (χ4n) is 1.90. The number of halogens is 1. The molecule has 0 aliphatic carbocycles. The van der Waals surface area contributed by atoms with E-state index in [9.17, 15) is 0 Å². The number of hydrogen-bond acceptors (Lipinski definition) is 2. The van der Waals surface area contributed by atoms with Crippen LogP contribution in [0.15, 0.2) is 65.8 Å². The molecule has 3 nitrogen and oxygen atoms in total. The highest BCUT2D eigenvalue weighted by atomic mass is 35.5. The summed E-state index contributed by atoms with van der Waals surface area (Å²) in [6, 6.07) is 17.4. The van der Waals surface area contributed by atoms with Gasteiger partial charge in [-0.1, -0.05) is 41.9 Å². The number of nitrogens with zero attached hydrogens (tertiary/aromatic N) is 2. The zero-order valence-corrected chi connectivity index (χ0v) is 11.4. The summed E-state index contributed by atoms with van der Waals surface area (Å²) in [4.78, 5) is 4.43. The van der Waals surface area contributed by atoms with Crippen LogP contribution in [0.25, 0.3) is 11.3 Å². The minimum Gasteiger partial charge on any atom is -0.277 e. The van der Waals surface area contributed by atoms with E-state index < -0.39 is 0 Å². The highest BCUT2D eigenvalue weighted by Crippen LogP contribution is 2.21. The van der Waals surface area contributed by atoms with Gasteiger partial charge in [-0.05, 0) is 24.3 Å². The quantitative estimate of drug-likeness (QED) is 0.707. The Morgan fingerprint density at radius 2 is 1.75 bits per heavy atom. The topological polar surface area (TPSA) is 41.0 Å². The molecular weight excluding hydrogens is 270 g/mol. The van der Waals surface area contributed by atoms with Gasteiger partial charge < -0.3 is 0 Å². The number of nitrogens with one attached hydrogen (secondary N) is 1. The number of aromatic nitrogens is 2. The van der Waals surface area contributed by atoms with Gasteiger partial charge in [0.05, 0.1) is 17.6 Å². The lowest BCUT2D eigenvalue weighted by atomic mass is 10.1. The predicted molar refractivity (Wildman–Crippen MR) is 82.7 cm³/mol. The van der Waals surface area contributed by atoms with E-state index >= 15 is 0 Å². The molecule has 2 aromatic carbocycles. The summed E-state index contributed by atoms with van der Waals surface area (Å²) in [6.45, 7) is 0. The minimum absolute atomic E-state index is 0.706. The van der Waals surface area contributed by atoms with Crippen LogP contribution in [0, 0.1) is 0 Å². The molecule has 1 aromatic heterocycles. The molecule has 3 aromatic rings. The van der Waals surface area contributed by atoms with Crippen molar-refractivity contribution in [1.29, 1.82) is 0 Å². The normalized spacial score (nSPS) is 11.1. The summed E-state index contributed by atoms with van der Waals surface area (Å²) in [5.41, 5.74) is 3.85. The third-order valence-corrected chi connectivity index (χ3v) is 3.16. The molecule has 0 amide bonds. The smallest absolute Gasteiger partial charge is 0.0738 e. The number of aliphatic imine (C=N–C) groups is 1. The number of hydrogen-bond donors (Lipinski definition) is 1. The SMILES string of the molecule is Clc1ccc(N=Cc2cn[nH]c2-c2ccccc2)cc1. The molecule has 0 aliphatic rings. The van der Waals surface area contributed by atoms with Crippen molar-refractivity contribution in [1.82, 2.24) is 10.2 Å². The molecule has 3 rings (SSSR count). The zero-order chi connectivity index (χ0) is 13.8. The average molecular weight is 282 g/mol. The molecule has 0 aliphatic heterocycles. The molecule has 0 fully saturated rings. The van der Waals surface area contributed by atoms with E-state index in [2.05, 4.69) is 15.2 Å². The number of H-pyrrole nitrogens is 1. The molecule has 1 N–H and O–H groups in total. The molecule has 0 unspecified atom stereocenters. The Bertz CT molecular complexity index is 715. The third-order valence-electron chi connectivity index (χ3n) is 2.91. The van der Waals surface area contributed by atoms with Gasteiger partial charge in [-0.25, -0.2) is 0 Å². The molecule has 1 heterocycles. The second-order valence-corrected chi connectivity index (χ2v) is 4.74. The molecule has 20 heavy (non-hydrogen) atoms.